The number of aryl methyl sites for hydroxylation is 1. The van der Waals surface area contributed by atoms with Crippen molar-refractivity contribution >= 4 is 6.29 Å². The number of alkyl halides is 2. The van der Waals surface area contributed by atoms with Crippen LogP contribution in [0.2, 0.25) is 0 Å². The molecule has 1 rings (SSSR count). The number of carbonyl (C=O) groups excluding carboxylic acids is 1. The van der Waals surface area contributed by atoms with Crippen LogP contribution in [0, 0.1) is 0 Å². The van der Waals surface area contributed by atoms with E-state index < -0.39 is 12.1 Å². The highest BCUT2D eigenvalue weighted by Crippen LogP contribution is 2.20. The number of hydrogen-bond donors (Lipinski definition) is 1. The Morgan fingerprint density at radius 2 is 2.12 bits per heavy atom. The Bertz CT molecular complexity index is 341. The van der Waals surface area contributed by atoms with Crippen LogP contribution in [0.25, 0.3) is 0 Å². The molecular weight excluding hydrogens is 220 g/mol. The van der Waals surface area contributed by atoms with Gasteiger partial charge in [-0.2, -0.15) is 0 Å². The molecule has 16 heavy (non-hydrogen) atoms. The quantitative estimate of drug-likeness (QED) is 0.567. The van der Waals surface area contributed by atoms with Crippen LogP contribution in [-0.2, 0) is 6.54 Å². The van der Waals surface area contributed by atoms with Gasteiger partial charge in [-0.1, -0.05) is 5.21 Å². The Labute approximate surface area is 91.1 Å². The molecule has 0 aliphatic heterocycles. The van der Waals surface area contributed by atoms with Crippen LogP contribution in [0.15, 0.2) is 0 Å². The van der Waals surface area contributed by atoms with E-state index in [4.69, 9.17) is 5.11 Å². The topological polar surface area (TPSA) is 68.0 Å². The first-order chi connectivity index (χ1) is 7.70. The number of rotatable bonds is 7. The van der Waals surface area contributed by atoms with E-state index in [0.717, 1.165) is 11.1 Å². The van der Waals surface area contributed by atoms with E-state index in [1.54, 1.807) is 0 Å². The summed E-state index contributed by atoms with van der Waals surface area (Å²) in [7, 11) is 0. The highest BCUT2D eigenvalue weighted by atomic mass is 19.3. The van der Waals surface area contributed by atoms with Crippen molar-refractivity contribution in [2.45, 2.75) is 32.2 Å². The number of aliphatic hydroxyl groups is 1. The van der Waals surface area contributed by atoms with Crippen molar-refractivity contribution in [1.29, 1.82) is 0 Å². The van der Waals surface area contributed by atoms with Gasteiger partial charge in [0, 0.05) is 13.2 Å². The normalized spacial score (nSPS) is 11.0. The van der Waals surface area contributed by atoms with Crippen molar-refractivity contribution in [2.75, 3.05) is 6.61 Å². The van der Waals surface area contributed by atoms with E-state index in [-0.39, 0.29) is 25.1 Å². The number of carbonyl (C=O) groups is 1. The summed E-state index contributed by atoms with van der Waals surface area (Å²) in [5.74, 6) is 0. The van der Waals surface area contributed by atoms with Crippen molar-refractivity contribution in [3.63, 3.8) is 0 Å². The van der Waals surface area contributed by atoms with Gasteiger partial charge in [0.1, 0.15) is 5.69 Å². The minimum Gasteiger partial charge on any atom is -0.396 e. The molecule has 1 heterocycles. The molecule has 0 radical (unpaired) electrons. The third-order valence-corrected chi connectivity index (χ3v) is 2.15. The van der Waals surface area contributed by atoms with Crippen LogP contribution in [0.3, 0.4) is 0 Å². The summed E-state index contributed by atoms with van der Waals surface area (Å²) in [5, 5.41) is 15.4. The van der Waals surface area contributed by atoms with Crippen LogP contribution < -0.4 is 0 Å². The minimum absolute atomic E-state index is 0.0820. The zero-order valence-corrected chi connectivity index (χ0v) is 8.64. The second-order valence-electron chi connectivity index (χ2n) is 3.29. The Kier molecular flexibility index (Phi) is 4.97. The number of halogens is 2. The second-order valence-corrected chi connectivity index (χ2v) is 3.29. The number of aliphatic hydroxyl groups excluding tert-OH is 1. The lowest BCUT2D eigenvalue weighted by Gasteiger charge is -2.05. The molecule has 0 spiro atoms. The maximum Gasteiger partial charge on any atom is 0.282 e. The van der Waals surface area contributed by atoms with Gasteiger partial charge in [0.2, 0.25) is 0 Å². The standard InChI is InChI=1S/C9H13F2N3O2/c10-9(11)8-7(6-16)12-13-14(8)4-2-1-3-5-15/h6,9,15H,1-5H2. The van der Waals surface area contributed by atoms with E-state index >= 15 is 0 Å². The van der Waals surface area contributed by atoms with Gasteiger partial charge in [-0.3, -0.25) is 4.79 Å². The summed E-state index contributed by atoms with van der Waals surface area (Å²) < 4.78 is 26.2. The smallest absolute Gasteiger partial charge is 0.282 e. The molecule has 0 fully saturated rings. The van der Waals surface area contributed by atoms with Crippen molar-refractivity contribution < 1.29 is 18.7 Å². The molecule has 0 aliphatic rings. The van der Waals surface area contributed by atoms with E-state index in [9.17, 15) is 13.6 Å². The Morgan fingerprint density at radius 1 is 1.38 bits per heavy atom. The second kappa shape index (κ2) is 6.26. The summed E-state index contributed by atoms with van der Waals surface area (Å²) in [5.41, 5.74) is -0.740. The lowest BCUT2D eigenvalue weighted by atomic mass is 10.2. The SMILES string of the molecule is O=Cc1nnn(CCCCCO)c1C(F)F. The van der Waals surface area contributed by atoms with E-state index in [0.29, 0.717) is 12.8 Å². The Morgan fingerprint density at radius 3 is 2.69 bits per heavy atom. The molecule has 90 valence electrons. The van der Waals surface area contributed by atoms with Gasteiger partial charge in [-0.15, -0.1) is 5.10 Å². The van der Waals surface area contributed by atoms with Gasteiger partial charge in [0.05, 0.1) is 0 Å². The molecule has 0 bridgehead atoms. The molecule has 0 saturated heterocycles. The predicted octanol–water partition coefficient (Wildman–Crippen LogP) is 1.19. The molecule has 0 aromatic carbocycles. The van der Waals surface area contributed by atoms with Crippen LogP contribution in [0.4, 0.5) is 8.78 Å². The third kappa shape index (κ3) is 3.06. The van der Waals surface area contributed by atoms with Gasteiger partial charge in [0.25, 0.3) is 6.43 Å². The average Bonchev–Trinajstić information content (AvgIpc) is 2.67. The Hall–Kier alpha value is -1.37. The number of unbranched alkanes of at least 4 members (excludes halogenated alkanes) is 2. The molecule has 5 nitrogen and oxygen atoms in total. The summed E-state index contributed by atoms with van der Waals surface area (Å²) in [6.07, 6.45) is -0.525. The highest BCUT2D eigenvalue weighted by Gasteiger charge is 2.20. The summed E-state index contributed by atoms with van der Waals surface area (Å²) in [6.45, 7) is 0.360. The van der Waals surface area contributed by atoms with Gasteiger partial charge in [-0.05, 0) is 19.3 Å². The predicted molar refractivity (Wildman–Crippen MR) is 51.3 cm³/mol. The van der Waals surface area contributed by atoms with Crippen molar-refractivity contribution in [3.05, 3.63) is 11.4 Å². The molecule has 0 saturated carbocycles. The third-order valence-electron chi connectivity index (χ3n) is 2.15. The first-order valence-corrected chi connectivity index (χ1v) is 4.98. The molecule has 0 aliphatic carbocycles. The number of hydrogen-bond acceptors (Lipinski definition) is 4. The van der Waals surface area contributed by atoms with Crippen LogP contribution in [0.1, 0.15) is 41.9 Å². The number of aromatic nitrogens is 3. The van der Waals surface area contributed by atoms with Crippen molar-refractivity contribution in [2.24, 2.45) is 0 Å². The van der Waals surface area contributed by atoms with Crippen molar-refractivity contribution in [3.8, 4) is 0 Å². The maximum atomic E-state index is 12.6. The van der Waals surface area contributed by atoms with Gasteiger partial charge >= 0.3 is 0 Å². The molecule has 1 aromatic heterocycles. The summed E-state index contributed by atoms with van der Waals surface area (Å²) in [6, 6.07) is 0. The zero-order chi connectivity index (χ0) is 12.0. The Balaban J connectivity index is 2.64. The number of aldehydes is 1. The maximum absolute atomic E-state index is 12.6. The molecule has 1 N–H and O–H groups in total. The molecule has 7 heteroatoms. The molecule has 0 unspecified atom stereocenters. The van der Waals surface area contributed by atoms with E-state index in [1.165, 1.54) is 0 Å². The fourth-order valence-corrected chi connectivity index (χ4v) is 1.36. The van der Waals surface area contributed by atoms with Crippen molar-refractivity contribution in [1.82, 2.24) is 15.0 Å². The average molecular weight is 233 g/mol. The molecule has 1 aromatic rings. The summed E-state index contributed by atoms with van der Waals surface area (Å²) in [4.78, 5) is 10.4. The summed E-state index contributed by atoms with van der Waals surface area (Å²) >= 11 is 0. The molecule has 0 amide bonds. The van der Waals surface area contributed by atoms with E-state index in [2.05, 4.69) is 10.3 Å². The lowest BCUT2D eigenvalue weighted by molar-refractivity contribution is 0.109. The number of nitrogens with zero attached hydrogens (tertiary/aromatic N) is 3. The first-order valence-electron chi connectivity index (χ1n) is 4.98. The lowest BCUT2D eigenvalue weighted by Crippen LogP contribution is -2.07. The first kappa shape index (κ1) is 12.7. The molecule has 0 atom stereocenters. The molecular formula is C9H13F2N3O2. The van der Waals surface area contributed by atoms with Crippen LogP contribution in [0.5, 0.6) is 0 Å². The van der Waals surface area contributed by atoms with E-state index in [1.807, 2.05) is 0 Å². The fraction of sp³-hybridized carbons (Fsp3) is 0.667. The van der Waals surface area contributed by atoms with Gasteiger partial charge < -0.3 is 5.11 Å². The zero-order valence-electron chi connectivity index (χ0n) is 8.64. The van der Waals surface area contributed by atoms with Gasteiger partial charge in [-0.25, -0.2) is 13.5 Å². The van der Waals surface area contributed by atoms with Crippen LogP contribution >= 0.6 is 0 Å². The highest BCUT2D eigenvalue weighted by molar-refractivity contribution is 5.73. The minimum atomic E-state index is -2.76. The van der Waals surface area contributed by atoms with Crippen LogP contribution in [-0.4, -0.2) is 33.0 Å². The largest absolute Gasteiger partial charge is 0.396 e. The fourth-order valence-electron chi connectivity index (χ4n) is 1.36. The van der Waals surface area contributed by atoms with Gasteiger partial charge in [0.15, 0.2) is 12.0 Å². The monoisotopic (exact) mass is 233 g/mol.